The highest BCUT2D eigenvalue weighted by Gasteiger charge is 2.51. The Morgan fingerprint density at radius 2 is 1.16 bits per heavy atom. The van der Waals surface area contributed by atoms with Crippen LogP contribution in [0, 0.1) is 0 Å². The normalized spacial score (nSPS) is 24.5. The standard InChI is InChI=1S/C24H52O5Si3/c1-22(2,3)30(10,11)26-17-19-21(29-32(14,15)24(7,8)9)18(16-20(25)27-19)28-31(12,13)23(4,5)6/h18-19,21H,16-17H2,1-15H3/t18-,19+,21-/m0/s1. The van der Waals surface area contributed by atoms with Gasteiger partial charge in [-0.2, -0.15) is 0 Å². The Labute approximate surface area is 201 Å². The molecule has 1 aliphatic heterocycles. The van der Waals surface area contributed by atoms with Crippen molar-refractivity contribution in [2.45, 2.75) is 141 Å². The smallest absolute Gasteiger partial charge is 0.308 e. The first-order valence-electron chi connectivity index (χ1n) is 12.1. The molecule has 1 saturated heterocycles. The Hall–Kier alpha value is 0.000649. The van der Waals surface area contributed by atoms with Crippen molar-refractivity contribution in [3.8, 4) is 0 Å². The maximum atomic E-state index is 12.7. The molecule has 0 radical (unpaired) electrons. The van der Waals surface area contributed by atoms with E-state index in [1.807, 2.05) is 0 Å². The molecule has 0 unspecified atom stereocenters. The summed E-state index contributed by atoms with van der Waals surface area (Å²) in [4.78, 5) is 12.7. The average Bonchev–Trinajstić information content (AvgIpc) is 2.52. The molecule has 1 heterocycles. The van der Waals surface area contributed by atoms with E-state index in [1.165, 1.54) is 0 Å². The van der Waals surface area contributed by atoms with Crippen LogP contribution in [0.15, 0.2) is 0 Å². The van der Waals surface area contributed by atoms with Gasteiger partial charge in [0.05, 0.1) is 19.1 Å². The molecule has 0 aliphatic carbocycles. The van der Waals surface area contributed by atoms with Crippen LogP contribution in [0.1, 0.15) is 68.7 Å². The lowest BCUT2D eigenvalue weighted by atomic mass is 10.0. The fraction of sp³-hybridized carbons (Fsp3) is 0.958. The minimum Gasteiger partial charge on any atom is -0.457 e. The summed E-state index contributed by atoms with van der Waals surface area (Å²) < 4.78 is 26.1. The van der Waals surface area contributed by atoms with Crippen molar-refractivity contribution in [3.63, 3.8) is 0 Å². The molecule has 0 N–H and O–H groups in total. The van der Waals surface area contributed by atoms with E-state index >= 15 is 0 Å². The van der Waals surface area contributed by atoms with Crippen LogP contribution in [-0.2, 0) is 22.8 Å². The summed E-state index contributed by atoms with van der Waals surface area (Å²) in [7, 11) is -6.24. The molecule has 1 fully saturated rings. The maximum Gasteiger partial charge on any atom is 0.308 e. The molecule has 1 rings (SSSR count). The van der Waals surface area contributed by atoms with E-state index in [0.717, 1.165) is 0 Å². The highest BCUT2D eigenvalue weighted by atomic mass is 28.4. The Morgan fingerprint density at radius 3 is 1.56 bits per heavy atom. The predicted molar refractivity (Wildman–Crippen MR) is 142 cm³/mol. The van der Waals surface area contributed by atoms with Crippen LogP contribution < -0.4 is 0 Å². The predicted octanol–water partition coefficient (Wildman–Crippen LogP) is 7.10. The van der Waals surface area contributed by atoms with Crippen molar-refractivity contribution in [1.29, 1.82) is 0 Å². The second-order valence-electron chi connectivity index (χ2n) is 14.1. The van der Waals surface area contributed by atoms with Gasteiger partial charge in [0.2, 0.25) is 0 Å². The molecule has 0 aromatic carbocycles. The molecule has 8 heteroatoms. The molecular weight excluding hydrogens is 453 g/mol. The van der Waals surface area contributed by atoms with Crippen LogP contribution in [0.2, 0.25) is 54.4 Å². The maximum absolute atomic E-state index is 12.7. The Kier molecular flexibility index (Phi) is 8.98. The number of hydrogen-bond acceptors (Lipinski definition) is 5. The molecule has 0 spiro atoms. The van der Waals surface area contributed by atoms with E-state index in [1.54, 1.807) is 0 Å². The van der Waals surface area contributed by atoms with Crippen molar-refractivity contribution in [3.05, 3.63) is 0 Å². The SMILES string of the molecule is CC(C)(C)[Si](C)(C)OC[C@H]1OC(=O)C[C@H](O[Si](C)(C)C(C)(C)C)[C@@H]1O[Si](C)(C)C(C)(C)C. The number of esters is 1. The third-order valence-corrected chi connectivity index (χ3v) is 21.8. The fourth-order valence-electron chi connectivity index (χ4n) is 2.77. The monoisotopic (exact) mass is 504 g/mol. The van der Waals surface area contributed by atoms with Crippen molar-refractivity contribution in [2.75, 3.05) is 6.61 Å². The first-order chi connectivity index (χ1) is 13.9. The number of hydrogen-bond donors (Lipinski definition) is 0. The van der Waals surface area contributed by atoms with Crippen LogP contribution in [0.3, 0.4) is 0 Å². The van der Waals surface area contributed by atoms with Gasteiger partial charge in [-0.15, -0.1) is 0 Å². The highest BCUT2D eigenvalue weighted by Crippen LogP contribution is 2.43. The number of carbonyl (C=O) groups excluding carboxylic acids is 1. The van der Waals surface area contributed by atoms with E-state index in [-0.39, 0.29) is 39.7 Å². The molecule has 32 heavy (non-hydrogen) atoms. The number of rotatable bonds is 7. The van der Waals surface area contributed by atoms with Crippen molar-refractivity contribution in [1.82, 2.24) is 0 Å². The van der Waals surface area contributed by atoms with Gasteiger partial charge in [0.15, 0.2) is 31.1 Å². The van der Waals surface area contributed by atoms with Crippen LogP contribution in [0.4, 0.5) is 0 Å². The van der Waals surface area contributed by atoms with Gasteiger partial charge in [-0.1, -0.05) is 62.3 Å². The molecule has 0 aromatic heterocycles. The van der Waals surface area contributed by atoms with E-state index in [0.29, 0.717) is 6.61 Å². The molecule has 1 aliphatic rings. The van der Waals surface area contributed by atoms with Crippen molar-refractivity contribution >= 4 is 30.9 Å². The third-order valence-electron chi connectivity index (χ3n) is 8.29. The van der Waals surface area contributed by atoms with E-state index in [9.17, 15) is 4.79 Å². The molecule has 5 nitrogen and oxygen atoms in total. The average molecular weight is 505 g/mol. The summed E-state index contributed by atoms with van der Waals surface area (Å²) in [5, 5.41) is 0.169. The van der Waals surface area contributed by atoms with Gasteiger partial charge >= 0.3 is 5.97 Å². The van der Waals surface area contributed by atoms with Crippen molar-refractivity contribution in [2.24, 2.45) is 0 Å². The first-order valence-corrected chi connectivity index (χ1v) is 20.8. The molecule has 190 valence electrons. The highest BCUT2D eigenvalue weighted by molar-refractivity contribution is 6.75. The molecule has 0 aromatic rings. The van der Waals surface area contributed by atoms with Crippen LogP contribution >= 0.6 is 0 Å². The van der Waals surface area contributed by atoms with Gasteiger partial charge in [0.25, 0.3) is 0 Å². The topological polar surface area (TPSA) is 54.0 Å². The van der Waals surface area contributed by atoms with Gasteiger partial charge in [0.1, 0.15) is 6.10 Å². The summed E-state index contributed by atoms with van der Waals surface area (Å²) in [5.41, 5.74) is 0. The zero-order chi connectivity index (χ0) is 25.6. The van der Waals surface area contributed by atoms with Gasteiger partial charge in [0, 0.05) is 0 Å². The summed E-state index contributed by atoms with van der Waals surface area (Å²) >= 11 is 0. The van der Waals surface area contributed by atoms with Gasteiger partial charge in [-0.25, -0.2) is 0 Å². The van der Waals surface area contributed by atoms with Gasteiger partial charge in [-0.3, -0.25) is 4.79 Å². The molecule has 3 atom stereocenters. The summed E-state index contributed by atoms with van der Waals surface area (Å²) in [6.45, 7) is 33.8. The molecule has 0 amide bonds. The minimum absolute atomic E-state index is 0.0425. The number of cyclic esters (lactones) is 1. The fourth-order valence-corrected chi connectivity index (χ4v) is 6.45. The van der Waals surface area contributed by atoms with Crippen LogP contribution in [0.25, 0.3) is 0 Å². The summed E-state index contributed by atoms with van der Waals surface area (Å²) in [6, 6.07) is 0. The summed E-state index contributed by atoms with van der Waals surface area (Å²) in [5.74, 6) is -0.215. The largest absolute Gasteiger partial charge is 0.457 e. The van der Waals surface area contributed by atoms with Gasteiger partial charge in [-0.05, 0) is 54.4 Å². The Balaban J connectivity index is 3.31. The molecule has 0 bridgehead atoms. The van der Waals surface area contributed by atoms with Crippen LogP contribution in [-0.4, -0.2) is 55.8 Å². The molecule has 0 saturated carbocycles. The lowest BCUT2D eigenvalue weighted by molar-refractivity contribution is -0.178. The second kappa shape index (κ2) is 9.57. The zero-order valence-corrected chi connectivity index (χ0v) is 26.7. The minimum atomic E-state index is -2.13. The second-order valence-corrected chi connectivity index (χ2v) is 28.4. The Morgan fingerprint density at radius 1 is 0.750 bits per heavy atom. The zero-order valence-electron chi connectivity index (χ0n) is 23.7. The van der Waals surface area contributed by atoms with Crippen LogP contribution in [0.5, 0.6) is 0 Å². The molecular formula is C24H52O5Si3. The first kappa shape index (κ1) is 30.0. The van der Waals surface area contributed by atoms with E-state index < -0.39 is 31.1 Å². The Bertz CT molecular complexity index is 654. The third kappa shape index (κ3) is 7.25. The summed E-state index contributed by atoms with van der Waals surface area (Å²) in [6.07, 6.45) is -0.830. The van der Waals surface area contributed by atoms with E-state index in [4.69, 9.17) is 18.0 Å². The van der Waals surface area contributed by atoms with Crippen molar-refractivity contribution < 1.29 is 22.8 Å². The van der Waals surface area contributed by atoms with Gasteiger partial charge < -0.3 is 18.0 Å². The number of carbonyl (C=O) groups is 1. The number of ether oxygens (including phenoxy) is 1. The lowest BCUT2D eigenvalue weighted by Gasteiger charge is -2.48. The van der Waals surface area contributed by atoms with E-state index in [2.05, 4.69) is 102 Å². The quantitative estimate of drug-likeness (QED) is 0.273. The lowest BCUT2D eigenvalue weighted by Crippen LogP contribution is -2.60.